The van der Waals surface area contributed by atoms with Crippen LogP contribution in [0, 0.1) is 17.0 Å². The fourth-order valence-electron chi connectivity index (χ4n) is 2.40. The maximum absolute atomic E-state index is 12.5. The van der Waals surface area contributed by atoms with Gasteiger partial charge in [0.1, 0.15) is 5.02 Å². The minimum absolute atomic E-state index is 0.000243. The lowest BCUT2D eigenvalue weighted by Crippen LogP contribution is -2.13. The van der Waals surface area contributed by atoms with Gasteiger partial charge in [-0.2, -0.15) is 5.10 Å². The molecule has 0 aliphatic carbocycles. The van der Waals surface area contributed by atoms with Crippen LogP contribution >= 0.6 is 23.2 Å². The van der Waals surface area contributed by atoms with E-state index in [1.165, 1.54) is 24.4 Å². The highest BCUT2D eigenvalue weighted by Crippen LogP contribution is 2.28. The van der Waals surface area contributed by atoms with Crippen molar-refractivity contribution in [1.82, 2.24) is 9.78 Å². The van der Waals surface area contributed by atoms with Crippen molar-refractivity contribution >= 4 is 40.5 Å². The molecule has 0 fully saturated rings. The van der Waals surface area contributed by atoms with Crippen molar-refractivity contribution in [3.05, 3.63) is 80.1 Å². The van der Waals surface area contributed by atoms with E-state index in [2.05, 4.69) is 10.4 Å². The van der Waals surface area contributed by atoms with Crippen LogP contribution in [-0.2, 0) is 0 Å². The molecule has 3 aromatic rings. The van der Waals surface area contributed by atoms with Gasteiger partial charge < -0.3 is 5.32 Å². The van der Waals surface area contributed by atoms with Crippen LogP contribution in [0.5, 0.6) is 0 Å². The number of benzene rings is 2. The second-order valence-electron chi connectivity index (χ2n) is 5.41. The Morgan fingerprint density at radius 3 is 2.54 bits per heavy atom. The number of aromatic nitrogens is 2. The molecule has 26 heavy (non-hydrogen) atoms. The molecule has 1 amide bonds. The standard InChI is InChI=1S/C17H12Cl2N4O3/c1-10-14(9-20-22(10)13-5-2-11(18)3-6-13)17(24)21-12-4-7-15(19)16(8-12)23(25)26/h2-9H,1H3,(H,21,24). The Balaban J connectivity index is 1.86. The predicted octanol–water partition coefficient (Wildman–Crippen LogP) is 4.65. The van der Waals surface area contributed by atoms with E-state index < -0.39 is 10.8 Å². The van der Waals surface area contributed by atoms with Crippen LogP contribution in [0.4, 0.5) is 11.4 Å². The minimum Gasteiger partial charge on any atom is -0.322 e. The lowest BCUT2D eigenvalue weighted by atomic mass is 10.2. The van der Waals surface area contributed by atoms with Gasteiger partial charge in [0.25, 0.3) is 11.6 Å². The second kappa shape index (κ2) is 7.15. The topological polar surface area (TPSA) is 90.1 Å². The van der Waals surface area contributed by atoms with E-state index in [-0.39, 0.29) is 16.4 Å². The predicted molar refractivity (Wildman–Crippen MR) is 99.4 cm³/mol. The molecule has 3 rings (SSSR count). The van der Waals surface area contributed by atoms with Crippen LogP contribution in [0.3, 0.4) is 0 Å². The largest absolute Gasteiger partial charge is 0.322 e. The number of anilines is 1. The number of carbonyl (C=O) groups excluding carboxylic acids is 1. The van der Waals surface area contributed by atoms with Gasteiger partial charge in [-0.1, -0.05) is 23.2 Å². The Morgan fingerprint density at radius 2 is 1.88 bits per heavy atom. The van der Waals surface area contributed by atoms with Crippen LogP contribution < -0.4 is 5.32 Å². The van der Waals surface area contributed by atoms with E-state index in [9.17, 15) is 14.9 Å². The molecule has 0 saturated heterocycles. The van der Waals surface area contributed by atoms with E-state index >= 15 is 0 Å². The Labute approximate surface area is 158 Å². The number of nitrogens with zero attached hydrogens (tertiary/aromatic N) is 3. The van der Waals surface area contributed by atoms with Crippen molar-refractivity contribution in [2.45, 2.75) is 6.92 Å². The van der Waals surface area contributed by atoms with Crippen LogP contribution in [0.1, 0.15) is 16.1 Å². The summed E-state index contributed by atoms with van der Waals surface area (Å²) in [4.78, 5) is 22.9. The zero-order valence-corrected chi connectivity index (χ0v) is 15.0. The van der Waals surface area contributed by atoms with E-state index in [4.69, 9.17) is 23.2 Å². The Hall–Kier alpha value is -2.90. The highest BCUT2D eigenvalue weighted by molar-refractivity contribution is 6.32. The summed E-state index contributed by atoms with van der Waals surface area (Å²) in [5, 5.41) is 18.4. The highest BCUT2D eigenvalue weighted by Gasteiger charge is 2.18. The minimum atomic E-state index is -0.609. The monoisotopic (exact) mass is 390 g/mol. The molecule has 0 spiro atoms. The first-order valence-electron chi connectivity index (χ1n) is 7.42. The summed E-state index contributed by atoms with van der Waals surface area (Å²) >= 11 is 11.7. The van der Waals surface area contributed by atoms with Gasteiger partial charge in [0.15, 0.2) is 0 Å². The first kappa shape index (κ1) is 17.9. The van der Waals surface area contributed by atoms with Crippen LogP contribution in [0.15, 0.2) is 48.7 Å². The molecule has 0 unspecified atom stereocenters. The molecule has 0 bridgehead atoms. The molecule has 1 heterocycles. The van der Waals surface area contributed by atoms with E-state index in [0.29, 0.717) is 16.3 Å². The molecule has 0 radical (unpaired) electrons. The average Bonchev–Trinajstić information content (AvgIpc) is 2.98. The maximum Gasteiger partial charge on any atom is 0.289 e. The van der Waals surface area contributed by atoms with Crippen molar-refractivity contribution in [3.63, 3.8) is 0 Å². The number of rotatable bonds is 4. The summed E-state index contributed by atoms with van der Waals surface area (Å²) < 4.78 is 1.61. The zero-order chi connectivity index (χ0) is 18.8. The summed E-state index contributed by atoms with van der Waals surface area (Å²) in [5.74, 6) is -0.431. The third-order valence-electron chi connectivity index (χ3n) is 3.73. The van der Waals surface area contributed by atoms with Gasteiger partial charge in [-0.15, -0.1) is 0 Å². The third kappa shape index (κ3) is 3.54. The van der Waals surface area contributed by atoms with Crippen LogP contribution in [-0.4, -0.2) is 20.6 Å². The third-order valence-corrected chi connectivity index (χ3v) is 4.30. The molecular formula is C17H12Cl2N4O3. The molecule has 0 aliphatic heterocycles. The first-order valence-corrected chi connectivity index (χ1v) is 8.18. The molecule has 9 heteroatoms. The van der Waals surface area contributed by atoms with Gasteiger partial charge in [0.05, 0.1) is 28.1 Å². The van der Waals surface area contributed by atoms with Crippen LogP contribution in [0.2, 0.25) is 10.0 Å². The van der Waals surface area contributed by atoms with Gasteiger partial charge in [-0.3, -0.25) is 14.9 Å². The molecule has 0 aliphatic rings. The number of nitrogens with one attached hydrogen (secondary N) is 1. The Kier molecular flexibility index (Phi) is 4.92. The second-order valence-corrected chi connectivity index (χ2v) is 6.25. The molecule has 0 atom stereocenters. The number of nitro benzene ring substituents is 1. The number of amides is 1. The lowest BCUT2D eigenvalue weighted by Gasteiger charge is -2.07. The van der Waals surface area contributed by atoms with E-state index in [1.54, 1.807) is 35.9 Å². The zero-order valence-electron chi connectivity index (χ0n) is 13.4. The van der Waals surface area contributed by atoms with Gasteiger partial charge in [0.2, 0.25) is 0 Å². The molecule has 2 aromatic carbocycles. The summed E-state index contributed by atoms with van der Waals surface area (Å²) in [5.41, 5.74) is 1.71. The maximum atomic E-state index is 12.5. The highest BCUT2D eigenvalue weighted by atomic mass is 35.5. The quantitative estimate of drug-likeness (QED) is 0.518. The van der Waals surface area contributed by atoms with Crippen molar-refractivity contribution in [2.75, 3.05) is 5.32 Å². The van der Waals surface area contributed by atoms with Crippen LogP contribution in [0.25, 0.3) is 5.69 Å². The number of carbonyl (C=O) groups is 1. The molecule has 1 N–H and O–H groups in total. The molecule has 0 saturated carbocycles. The summed E-state index contributed by atoms with van der Waals surface area (Å²) in [7, 11) is 0. The number of halogens is 2. The molecule has 1 aromatic heterocycles. The number of hydrogen-bond acceptors (Lipinski definition) is 4. The average molecular weight is 391 g/mol. The lowest BCUT2D eigenvalue weighted by molar-refractivity contribution is -0.384. The summed E-state index contributed by atoms with van der Waals surface area (Å²) in [6.07, 6.45) is 1.43. The first-order chi connectivity index (χ1) is 12.4. The van der Waals surface area contributed by atoms with Gasteiger partial charge in [-0.25, -0.2) is 4.68 Å². The van der Waals surface area contributed by atoms with Gasteiger partial charge in [-0.05, 0) is 43.3 Å². The SMILES string of the molecule is Cc1c(C(=O)Nc2ccc(Cl)c([N+](=O)[O-])c2)cnn1-c1ccc(Cl)cc1. The summed E-state index contributed by atoms with van der Waals surface area (Å²) in [6.45, 7) is 1.75. The van der Waals surface area contributed by atoms with Gasteiger partial charge >= 0.3 is 0 Å². The fourth-order valence-corrected chi connectivity index (χ4v) is 2.72. The smallest absolute Gasteiger partial charge is 0.289 e. The summed E-state index contributed by atoms with van der Waals surface area (Å²) in [6, 6.07) is 11.1. The van der Waals surface area contributed by atoms with Gasteiger partial charge in [0, 0.05) is 16.8 Å². The number of hydrogen-bond donors (Lipinski definition) is 1. The van der Waals surface area contributed by atoms with Crippen molar-refractivity contribution in [2.24, 2.45) is 0 Å². The van der Waals surface area contributed by atoms with E-state index in [1.807, 2.05) is 0 Å². The van der Waals surface area contributed by atoms with E-state index in [0.717, 1.165) is 5.69 Å². The Morgan fingerprint density at radius 1 is 1.19 bits per heavy atom. The van der Waals surface area contributed by atoms with Crippen molar-refractivity contribution in [3.8, 4) is 5.69 Å². The van der Waals surface area contributed by atoms with Crippen molar-refractivity contribution < 1.29 is 9.72 Å². The number of nitro groups is 1. The fraction of sp³-hybridized carbons (Fsp3) is 0.0588. The van der Waals surface area contributed by atoms with Crippen molar-refractivity contribution in [1.29, 1.82) is 0 Å². The molecule has 132 valence electrons. The molecule has 7 nitrogen and oxygen atoms in total. The molecular weight excluding hydrogens is 379 g/mol. The Bertz CT molecular complexity index is 1000. The normalized spacial score (nSPS) is 10.6.